The summed E-state index contributed by atoms with van der Waals surface area (Å²) in [5.41, 5.74) is 0. The number of rotatable bonds is 3. The van der Waals surface area contributed by atoms with Crippen LogP contribution in [0.5, 0.6) is 0 Å². The number of carbonyl (C=O) groups excluding carboxylic acids is 1. The van der Waals surface area contributed by atoms with Crippen molar-refractivity contribution in [1.29, 1.82) is 0 Å². The summed E-state index contributed by atoms with van der Waals surface area (Å²) in [6.07, 6.45) is -4.49. The Morgan fingerprint density at radius 3 is 2.36 bits per heavy atom. The van der Waals surface area contributed by atoms with Crippen LogP contribution in [0, 0.1) is 0 Å². The number of esters is 1. The van der Waals surface area contributed by atoms with E-state index in [2.05, 4.69) is 9.26 Å². The zero-order valence-electron chi connectivity index (χ0n) is 6.81. The quantitative estimate of drug-likeness (QED) is 0.314. The molecule has 1 heterocycles. The Bertz CT molecular complexity index is 271. The van der Waals surface area contributed by atoms with E-state index in [9.17, 15) is 9.36 Å². The van der Waals surface area contributed by atoms with Crippen LogP contribution in [0.4, 0.5) is 0 Å². The zero-order valence-corrected chi connectivity index (χ0v) is 7.70. The second-order valence-electron chi connectivity index (χ2n) is 2.70. The third kappa shape index (κ3) is 2.74. The summed E-state index contributed by atoms with van der Waals surface area (Å²) in [4.78, 5) is 27.2. The van der Waals surface area contributed by atoms with Gasteiger partial charge >= 0.3 is 13.8 Å². The largest absolute Gasteiger partial charge is 0.469 e. The molecule has 1 saturated heterocycles. The summed E-state index contributed by atoms with van der Waals surface area (Å²) in [7, 11) is -4.67. The first-order valence-corrected chi connectivity index (χ1v) is 5.11. The molecule has 0 amide bonds. The molecule has 0 aromatic carbocycles. The standard InChI is InChI=1S/C5H9O8P/c6-3-2(1-12-14(9,10)11)13-5(8)4(3)7/h2-4,6-7H,1H2,(H2,9,10,11)/t2-,3+,4+/m1/s1. The van der Waals surface area contributed by atoms with Gasteiger partial charge in [0.1, 0.15) is 6.10 Å². The Labute approximate surface area is 78.3 Å². The Hall–Kier alpha value is -0.500. The molecule has 0 aromatic rings. The van der Waals surface area contributed by atoms with E-state index in [4.69, 9.17) is 20.0 Å². The number of phosphoric acid groups is 1. The molecule has 0 aliphatic carbocycles. The van der Waals surface area contributed by atoms with Gasteiger partial charge in [0.25, 0.3) is 0 Å². The van der Waals surface area contributed by atoms with Gasteiger partial charge in [-0.25, -0.2) is 9.36 Å². The van der Waals surface area contributed by atoms with Crippen LogP contribution in [0.2, 0.25) is 0 Å². The van der Waals surface area contributed by atoms with Crippen LogP contribution in [0.3, 0.4) is 0 Å². The van der Waals surface area contributed by atoms with E-state index < -0.39 is 38.7 Å². The van der Waals surface area contributed by atoms with Gasteiger partial charge in [-0.1, -0.05) is 0 Å². The number of phosphoric ester groups is 1. The van der Waals surface area contributed by atoms with Crippen molar-refractivity contribution in [1.82, 2.24) is 0 Å². The summed E-state index contributed by atoms with van der Waals surface area (Å²) in [6, 6.07) is 0. The van der Waals surface area contributed by atoms with Gasteiger partial charge in [0.2, 0.25) is 0 Å². The van der Waals surface area contributed by atoms with Crippen molar-refractivity contribution in [3.05, 3.63) is 0 Å². The first-order valence-electron chi connectivity index (χ1n) is 3.58. The lowest BCUT2D eigenvalue weighted by atomic mass is 10.1. The van der Waals surface area contributed by atoms with Crippen LogP contribution in [0.1, 0.15) is 0 Å². The maximum Gasteiger partial charge on any atom is 0.469 e. The topological polar surface area (TPSA) is 134 Å². The minimum absolute atomic E-state index is 0.672. The lowest BCUT2D eigenvalue weighted by Crippen LogP contribution is -2.33. The lowest BCUT2D eigenvalue weighted by molar-refractivity contribution is -0.148. The van der Waals surface area contributed by atoms with E-state index in [1.807, 2.05) is 0 Å². The molecule has 9 heteroatoms. The summed E-state index contributed by atoms with van der Waals surface area (Å²) < 4.78 is 18.6. The van der Waals surface area contributed by atoms with E-state index in [1.165, 1.54) is 0 Å². The maximum absolute atomic E-state index is 10.6. The molecule has 0 bridgehead atoms. The molecule has 82 valence electrons. The number of ether oxygens (including phenoxy) is 1. The van der Waals surface area contributed by atoms with E-state index >= 15 is 0 Å². The van der Waals surface area contributed by atoms with Crippen LogP contribution in [0.25, 0.3) is 0 Å². The normalized spacial score (nSPS) is 33.1. The number of hydrogen-bond acceptors (Lipinski definition) is 6. The minimum atomic E-state index is -4.67. The lowest BCUT2D eigenvalue weighted by Gasteiger charge is -2.13. The molecule has 0 saturated carbocycles. The average Bonchev–Trinajstić information content (AvgIpc) is 2.28. The fraction of sp³-hybridized carbons (Fsp3) is 0.800. The molecule has 0 unspecified atom stereocenters. The number of cyclic esters (lactones) is 1. The summed E-state index contributed by atoms with van der Waals surface area (Å²) >= 11 is 0. The highest BCUT2D eigenvalue weighted by Crippen LogP contribution is 2.36. The van der Waals surface area contributed by atoms with Crippen LogP contribution in [-0.2, 0) is 18.6 Å². The Balaban J connectivity index is 2.48. The Kier molecular flexibility index (Phi) is 3.25. The number of hydrogen-bond donors (Lipinski definition) is 4. The van der Waals surface area contributed by atoms with Crippen molar-refractivity contribution < 1.29 is 38.6 Å². The average molecular weight is 228 g/mol. The van der Waals surface area contributed by atoms with E-state index in [0.717, 1.165) is 0 Å². The molecule has 1 rings (SSSR count). The summed E-state index contributed by atoms with van der Waals surface area (Å²) in [5.74, 6) is -1.04. The predicted molar refractivity (Wildman–Crippen MR) is 39.9 cm³/mol. The molecule has 0 aromatic heterocycles. The molecule has 8 nitrogen and oxygen atoms in total. The van der Waals surface area contributed by atoms with Crippen molar-refractivity contribution >= 4 is 13.8 Å². The molecule has 0 radical (unpaired) electrons. The SMILES string of the molecule is O=C1O[C@H](COP(=O)(O)O)[C@H](O)[C@@H]1O. The Morgan fingerprint density at radius 2 is 2.00 bits per heavy atom. The number of carbonyl (C=O) groups is 1. The van der Waals surface area contributed by atoms with Crippen LogP contribution < -0.4 is 0 Å². The molecule has 1 aliphatic heterocycles. The van der Waals surface area contributed by atoms with Gasteiger partial charge in [-0.05, 0) is 0 Å². The van der Waals surface area contributed by atoms with Gasteiger partial charge < -0.3 is 24.7 Å². The van der Waals surface area contributed by atoms with Crippen LogP contribution in [-0.4, -0.2) is 50.9 Å². The van der Waals surface area contributed by atoms with Gasteiger partial charge in [-0.3, -0.25) is 4.52 Å². The van der Waals surface area contributed by atoms with Gasteiger partial charge in [0, 0.05) is 0 Å². The number of aliphatic hydroxyl groups is 2. The first-order chi connectivity index (χ1) is 6.31. The molecule has 0 spiro atoms. The van der Waals surface area contributed by atoms with Crippen molar-refractivity contribution in [2.45, 2.75) is 18.3 Å². The van der Waals surface area contributed by atoms with Crippen molar-refractivity contribution in [3.8, 4) is 0 Å². The van der Waals surface area contributed by atoms with Crippen molar-refractivity contribution in [2.24, 2.45) is 0 Å². The van der Waals surface area contributed by atoms with E-state index in [-0.39, 0.29) is 0 Å². The zero-order chi connectivity index (χ0) is 10.9. The molecule has 1 fully saturated rings. The smallest absolute Gasteiger partial charge is 0.455 e. The molecular weight excluding hydrogens is 219 g/mol. The highest BCUT2D eigenvalue weighted by Gasteiger charge is 2.43. The van der Waals surface area contributed by atoms with E-state index in [0.29, 0.717) is 0 Å². The van der Waals surface area contributed by atoms with Crippen molar-refractivity contribution in [3.63, 3.8) is 0 Å². The van der Waals surface area contributed by atoms with Gasteiger partial charge in [0.15, 0.2) is 12.2 Å². The second-order valence-corrected chi connectivity index (χ2v) is 3.94. The third-order valence-electron chi connectivity index (χ3n) is 1.62. The predicted octanol–water partition coefficient (Wildman–Crippen LogP) is -2.26. The molecular formula is C5H9O8P. The molecule has 3 atom stereocenters. The fourth-order valence-electron chi connectivity index (χ4n) is 0.935. The van der Waals surface area contributed by atoms with Crippen molar-refractivity contribution in [2.75, 3.05) is 6.61 Å². The number of aliphatic hydroxyl groups excluding tert-OH is 2. The minimum Gasteiger partial charge on any atom is -0.455 e. The summed E-state index contributed by atoms with van der Waals surface area (Å²) in [6.45, 7) is -0.672. The molecule has 1 aliphatic rings. The van der Waals surface area contributed by atoms with Crippen LogP contribution >= 0.6 is 7.82 Å². The van der Waals surface area contributed by atoms with Crippen LogP contribution in [0.15, 0.2) is 0 Å². The molecule has 14 heavy (non-hydrogen) atoms. The van der Waals surface area contributed by atoms with Gasteiger partial charge in [-0.2, -0.15) is 0 Å². The second kappa shape index (κ2) is 3.93. The Morgan fingerprint density at radius 1 is 1.43 bits per heavy atom. The van der Waals surface area contributed by atoms with E-state index in [1.54, 1.807) is 0 Å². The third-order valence-corrected chi connectivity index (χ3v) is 2.11. The van der Waals surface area contributed by atoms with Gasteiger partial charge in [-0.15, -0.1) is 0 Å². The first kappa shape index (κ1) is 11.6. The highest BCUT2D eigenvalue weighted by molar-refractivity contribution is 7.46. The summed E-state index contributed by atoms with van der Waals surface area (Å²) in [5, 5.41) is 18.0. The highest BCUT2D eigenvalue weighted by atomic mass is 31.2. The van der Waals surface area contributed by atoms with Gasteiger partial charge in [0.05, 0.1) is 6.61 Å². The molecule has 4 N–H and O–H groups in total. The monoisotopic (exact) mass is 228 g/mol. The fourth-order valence-corrected chi connectivity index (χ4v) is 1.28. The maximum atomic E-state index is 10.6.